The van der Waals surface area contributed by atoms with E-state index < -0.39 is 0 Å². The predicted octanol–water partition coefficient (Wildman–Crippen LogP) is 5.40. The number of hydrogen-bond donors (Lipinski definition) is 1. The van der Waals surface area contributed by atoms with Gasteiger partial charge in [-0.2, -0.15) is 5.26 Å². The fourth-order valence-electron chi connectivity index (χ4n) is 3.31. The van der Waals surface area contributed by atoms with Gasteiger partial charge in [0.15, 0.2) is 11.5 Å². The van der Waals surface area contributed by atoms with Crippen molar-refractivity contribution in [2.24, 2.45) is 0 Å². The summed E-state index contributed by atoms with van der Waals surface area (Å²) in [5, 5.41) is 12.6. The highest BCUT2D eigenvalue weighted by Crippen LogP contribution is 2.35. The van der Waals surface area contributed by atoms with Gasteiger partial charge in [-0.25, -0.2) is 0 Å². The smallest absolute Gasteiger partial charge is 0.224 e. The topological polar surface area (TPSA) is 71.3 Å². The highest BCUT2D eigenvalue weighted by atomic mass is 32.2. The van der Waals surface area contributed by atoms with Crippen molar-refractivity contribution in [1.82, 2.24) is 0 Å². The molecule has 1 amide bonds. The van der Waals surface area contributed by atoms with E-state index in [-0.39, 0.29) is 5.91 Å². The van der Waals surface area contributed by atoms with Crippen LogP contribution in [0.4, 0.5) is 5.69 Å². The Morgan fingerprint density at radius 2 is 1.93 bits per heavy atom. The predicted molar refractivity (Wildman–Crippen MR) is 116 cm³/mol. The molecule has 6 heteroatoms. The first-order chi connectivity index (χ1) is 14.2. The van der Waals surface area contributed by atoms with Gasteiger partial charge in [0.05, 0.1) is 25.3 Å². The van der Waals surface area contributed by atoms with Crippen LogP contribution in [0.1, 0.15) is 44.1 Å². The van der Waals surface area contributed by atoms with E-state index in [1.807, 2.05) is 23.9 Å². The molecule has 0 heterocycles. The summed E-state index contributed by atoms with van der Waals surface area (Å²) < 4.78 is 10.9. The normalized spacial score (nSPS) is 13.7. The zero-order chi connectivity index (χ0) is 20.5. The Labute approximate surface area is 176 Å². The maximum atomic E-state index is 12.2. The first-order valence-electron chi connectivity index (χ1n) is 9.95. The molecule has 29 heavy (non-hydrogen) atoms. The number of carbonyl (C=O) groups is 1. The Hall–Kier alpha value is -2.65. The maximum absolute atomic E-state index is 12.2. The highest BCUT2D eigenvalue weighted by Gasteiger charge is 2.16. The molecule has 0 radical (unpaired) electrons. The van der Waals surface area contributed by atoms with E-state index >= 15 is 0 Å². The molecule has 0 atom stereocenters. The van der Waals surface area contributed by atoms with Crippen molar-refractivity contribution in [1.29, 1.82) is 5.26 Å². The van der Waals surface area contributed by atoms with Crippen LogP contribution in [0.15, 0.2) is 47.4 Å². The molecule has 1 aliphatic rings. The van der Waals surface area contributed by atoms with Crippen LogP contribution in [0.2, 0.25) is 0 Å². The Kier molecular flexibility index (Phi) is 7.83. The molecule has 1 saturated carbocycles. The molecule has 0 spiro atoms. The van der Waals surface area contributed by atoms with Crippen molar-refractivity contribution in [3.05, 3.63) is 48.0 Å². The third-order valence-electron chi connectivity index (χ3n) is 4.84. The molecular weight excluding hydrogens is 384 g/mol. The number of methoxy groups -OCH3 is 1. The van der Waals surface area contributed by atoms with Crippen LogP contribution in [0, 0.1) is 11.3 Å². The number of amides is 1. The molecule has 2 aromatic carbocycles. The number of hydrogen-bond acceptors (Lipinski definition) is 5. The van der Waals surface area contributed by atoms with Gasteiger partial charge < -0.3 is 14.8 Å². The maximum Gasteiger partial charge on any atom is 0.224 e. The standard InChI is InChI=1S/C23H26N2O3S/c1-27-22-15-17(16-24)8-13-21(22)28-14-4-7-23(26)25-18-9-11-20(12-10-18)29-19-5-2-3-6-19/h8-13,15,19H,2-7,14H2,1H3,(H,25,26). The summed E-state index contributed by atoms with van der Waals surface area (Å²) in [6, 6.07) is 15.2. The number of nitriles is 1. The molecule has 1 aliphatic carbocycles. The van der Waals surface area contributed by atoms with Crippen LogP contribution >= 0.6 is 11.8 Å². The van der Waals surface area contributed by atoms with Crippen molar-refractivity contribution in [3.8, 4) is 17.6 Å². The minimum atomic E-state index is -0.0309. The Morgan fingerprint density at radius 1 is 1.17 bits per heavy atom. The average molecular weight is 411 g/mol. The molecule has 0 aliphatic heterocycles. The molecule has 2 aromatic rings. The third-order valence-corrected chi connectivity index (χ3v) is 6.19. The third kappa shape index (κ3) is 6.43. The molecule has 5 nitrogen and oxygen atoms in total. The second-order valence-electron chi connectivity index (χ2n) is 7.03. The molecule has 0 bridgehead atoms. The van der Waals surface area contributed by atoms with Gasteiger partial charge >= 0.3 is 0 Å². The second kappa shape index (κ2) is 10.8. The van der Waals surface area contributed by atoms with Gasteiger partial charge in [0.2, 0.25) is 5.91 Å². The number of thioether (sulfide) groups is 1. The number of anilines is 1. The molecule has 0 saturated heterocycles. The average Bonchev–Trinajstić information content (AvgIpc) is 3.25. The number of carbonyl (C=O) groups excluding carboxylic acids is 1. The second-order valence-corrected chi connectivity index (χ2v) is 8.40. The van der Waals surface area contributed by atoms with Gasteiger partial charge in [-0.05, 0) is 55.7 Å². The minimum absolute atomic E-state index is 0.0309. The minimum Gasteiger partial charge on any atom is -0.493 e. The van der Waals surface area contributed by atoms with E-state index in [1.54, 1.807) is 18.2 Å². The molecule has 3 rings (SSSR count). The fourth-order valence-corrected chi connectivity index (χ4v) is 4.56. The zero-order valence-corrected chi connectivity index (χ0v) is 17.5. The summed E-state index contributed by atoms with van der Waals surface area (Å²) in [6.07, 6.45) is 6.25. The number of benzene rings is 2. The summed E-state index contributed by atoms with van der Waals surface area (Å²) >= 11 is 1.94. The van der Waals surface area contributed by atoms with Crippen LogP contribution in [-0.2, 0) is 4.79 Å². The SMILES string of the molecule is COc1cc(C#N)ccc1OCCCC(=O)Nc1ccc(SC2CCCC2)cc1. The van der Waals surface area contributed by atoms with Crippen molar-refractivity contribution >= 4 is 23.4 Å². The van der Waals surface area contributed by atoms with E-state index in [0.29, 0.717) is 36.5 Å². The number of nitrogens with one attached hydrogen (secondary N) is 1. The molecule has 152 valence electrons. The fraction of sp³-hybridized carbons (Fsp3) is 0.391. The summed E-state index contributed by atoms with van der Waals surface area (Å²) in [4.78, 5) is 13.4. The Balaban J connectivity index is 1.39. The molecule has 1 N–H and O–H groups in total. The first kappa shape index (κ1) is 21.1. The van der Waals surface area contributed by atoms with Crippen LogP contribution < -0.4 is 14.8 Å². The monoisotopic (exact) mass is 410 g/mol. The highest BCUT2D eigenvalue weighted by molar-refractivity contribution is 8.00. The van der Waals surface area contributed by atoms with Crippen molar-refractivity contribution in [3.63, 3.8) is 0 Å². The van der Waals surface area contributed by atoms with Crippen molar-refractivity contribution in [2.75, 3.05) is 19.0 Å². The van der Waals surface area contributed by atoms with Crippen LogP contribution in [0.3, 0.4) is 0 Å². The van der Waals surface area contributed by atoms with E-state index in [2.05, 4.69) is 23.5 Å². The Morgan fingerprint density at radius 3 is 2.62 bits per heavy atom. The van der Waals surface area contributed by atoms with Gasteiger partial charge in [0, 0.05) is 28.3 Å². The summed E-state index contributed by atoms with van der Waals surface area (Å²) in [5.74, 6) is 1.06. The Bertz CT molecular complexity index is 855. The lowest BCUT2D eigenvalue weighted by Crippen LogP contribution is -2.12. The first-order valence-corrected chi connectivity index (χ1v) is 10.8. The number of rotatable bonds is 9. The lowest BCUT2D eigenvalue weighted by molar-refractivity contribution is -0.116. The largest absolute Gasteiger partial charge is 0.493 e. The van der Waals surface area contributed by atoms with Gasteiger partial charge in [-0.1, -0.05) is 12.8 Å². The number of ether oxygens (including phenoxy) is 2. The van der Waals surface area contributed by atoms with E-state index in [4.69, 9.17) is 14.7 Å². The van der Waals surface area contributed by atoms with Gasteiger partial charge in [0.25, 0.3) is 0 Å². The molecule has 1 fully saturated rings. The van der Waals surface area contributed by atoms with Gasteiger partial charge in [-0.3, -0.25) is 4.79 Å². The summed E-state index contributed by atoms with van der Waals surface area (Å²) in [7, 11) is 1.54. The van der Waals surface area contributed by atoms with Crippen LogP contribution in [0.25, 0.3) is 0 Å². The summed E-state index contributed by atoms with van der Waals surface area (Å²) in [6.45, 7) is 0.395. The lowest BCUT2D eigenvalue weighted by Gasteiger charge is -2.11. The van der Waals surface area contributed by atoms with Crippen LogP contribution in [-0.4, -0.2) is 24.9 Å². The van der Waals surface area contributed by atoms with E-state index in [9.17, 15) is 4.79 Å². The van der Waals surface area contributed by atoms with Crippen molar-refractivity contribution in [2.45, 2.75) is 48.7 Å². The summed E-state index contributed by atoms with van der Waals surface area (Å²) in [5.41, 5.74) is 1.33. The van der Waals surface area contributed by atoms with Crippen LogP contribution in [0.5, 0.6) is 11.5 Å². The van der Waals surface area contributed by atoms with E-state index in [1.165, 1.54) is 37.7 Å². The quantitative estimate of drug-likeness (QED) is 0.561. The van der Waals surface area contributed by atoms with Gasteiger partial charge in [-0.15, -0.1) is 11.8 Å². The molecule has 0 aromatic heterocycles. The molecule has 0 unspecified atom stereocenters. The van der Waals surface area contributed by atoms with Crippen molar-refractivity contribution < 1.29 is 14.3 Å². The number of nitrogens with zero attached hydrogens (tertiary/aromatic N) is 1. The van der Waals surface area contributed by atoms with E-state index in [0.717, 1.165) is 10.9 Å². The molecular formula is C23H26N2O3S. The lowest BCUT2D eigenvalue weighted by atomic mass is 10.2. The van der Waals surface area contributed by atoms with Gasteiger partial charge in [0.1, 0.15) is 0 Å². The zero-order valence-electron chi connectivity index (χ0n) is 16.6.